The zero-order valence-electron chi connectivity index (χ0n) is 6.77. The van der Waals surface area contributed by atoms with Crippen LogP contribution in [0, 0.1) is 0 Å². The topological polar surface area (TPSA) is 65.8 Å². The van der Waals surface area contributed by atoms with Gasteiger partial charge < -0.3 is 4.79 Å². The van der Waals surface area contributed by atoms with Crippen molar-refractivity contribution in [2.75, 3.05) is 0 Å². The third kappa shape index (κ3) is 1.38. The number of rotatable bonds is 3. The molecule has 0 aromatic heterocycles. The zero-order chi connectivity index (χ0) is 9.03. The first-order chi connectivity index (χ1) is 5.73. The number of hydrogen-bond acceptors (Lipinski definition) is 2. The largest absolute Gasteiger partial charge is 0.302 e. The molecule has 0 radical (unpaired) electrons. The summed E-state index contributed by atoms with van der Waals surface area (Å²) < 4.78 is 0. The molecule has 0 aliphatic heterocycles. The third-order valence-corrected chi connectivity index (χ3v) is 1.90. The maximum absolute atomic E-state index is 10.7. The summed E-state index contributed by atoms with van der Waals surface area (Å²) in [4.78, 5) is 13.3. The first-order valence-electron chi connectivity index (χ1n) is 3.62. The summed E-state index contributed by atoms with van der Waals surface area (Å²) in [5.41, 5.74) is 8.09. The summed E-state index contributed by atoms with van der Waals surface area (Å²) in [6, 6.07) is 0. The second-order valence-electron chi connectivity index (χ2n) is 2.78. The Balaban J connectivity index is 2.94. The Labute approximate surface area is 70.2 Å². The van der Waals surface area contributed by atoms with Gasteiger partial charge in [-0.2, -0.15) is 0 Å². The summed E-state index contributed by atoms with van der Waals surface area (Å²) >= 11 is 0. The number of allylic oxidation sites excluding steroid dienone is 3. The van der Waals surface area contributed by atoms with Crippen molar-refractivity contribution >= 4 is 6.29 Å². The van der Waals surface area contributed by atoms with Crippen LogP contribution in [0.2, 0.25) is 0 Å². The Hall–Kier alpha value is -1.54. The van der Waals surface area contributed by atoms with Crippen LogP contribution in [0.25, 0.3) is 10.4 Å². The van der Waals surface area contributed by atoms with E-state index < -0.39 is 5.54 Å². The van der Waals surface area contributed by atoms with Gasteiger partial charge in [-0.25, -0.2) is 0 Å². The van der Waals surface area contributed by atoms with E-state index >= 15 is 0 Å². The highest BCUT2D eigenvalue weighted by Gasteiger charge is 2.27. The van der Waals surface area contributed by atoms with Gasteiger partial charge in [-0.1, -0.05) is 23.3 Å². The molecule has 0 unspecified atom stereocenters. The molecule has 4 heteroatoms. The van der Waals surface area contributed by atoms with Gasteiger partial charge in [-0.05, 0) is 24.4 Å². The van der Waals surface area contributed by atoms with Crippen LogP contribution < -0.4 is 0 Å². The highest BCUT2D eigenvalue weighted by atomic mass is 16.1. The fraction of sp³-hybridized carbons (Fsp3) is 0.375. The van der Waals surface area contributed by atoms with Crippen LogP contribution in [0.1, 0.15) is 13.3 Å². The minimum Gasteiger partial charge on any atom is -0.302 e. The van der Waals surface area contributed by atoms with Crippen molar-refractivity contribution in [3.63, 3.8) is 0 Å². The third-order valence-electron chi connectivity index (χ3n) is 1.90. The average molecular weight is 163 g/mol. The lowest BCUT2D eigenvalue weighted by Crippen LogP contribution is -2.25. The number of azide groups is 1. The standard InChI is InChI=1S/C8H9N3O/c1-8(6-12,10-11-9)7-4-2-3-5-7/h2-4,6H,5H2,1H3/t8-/m0/s1. The molecule has 1 aliphatic rings. The van der Waals surface area contributed by atoms with Crippen LogP contribution in [0.5, 0.6) is 0 Å². The number of hydrogen-bond donors (Lipinski definition) is 0. The lowest BCUT2D eigenvalue weighted by atomic mass is 9.94. The van der Waals surface area contributed by atoms with E-state index in [1.807, 2.05) is 18.2 Å². The molecular formula is C8H9N3O. The van der Waals surface area contributed by atoms with E-state index in [2.05, 4.69) is 10.0 Å². The van der Waals surface area contributed by atoms with Crippen LogP contribution in [-0.2, 0) is 4.79 Å². The molecule has 0 saturated carbocycles. The summed E-state index contributed by atoms with van der Waals surface area (Å²) in [6.07, 6.45) is 6.94. The quantitative estimate of drug-likeness (QED) is 0.272. The molecule has 1 atom stereocenters. The van der Waals surface area contributed by atoms with Gasteiger partial charge in [0, 0.05) is 4.91 Å². The van der Waals surface area contributed by atoms with Gasteiger partial charge in [-0.3, -0.25) is 0 Å². The van der Waals surface area contributed by atoms with E-state index in [1.165, 1.54) is 0 Å². The predicted octanol–water partition coefficient (Wildman–Crippen LogP) is 2.14. The van der Waals surface area contributed by atoms with E-state index in [9.17, 15) is 4.79 Å². The molecule has 62 valence electrons. The monoisotopic (exact) mass is 163 g/mol. The molecule has 0 spiro atoms. The van der Waals surface area contributed by atoms with E-state index in [-0.39, 0.29) is 0 Å². The Kier molecular flexibility index (Phi) is 2.31. The molecule has 4 nitrogen and oxygen atoms in total. The van der Waals surface area contributed by atoms with Crippen molar-refractivity contribution in [3.8, 4) is 0 Å². The molecule has 0 N–H and O–H groups in total. The number of carbonyl (C=O) groups excluding carboxylic acids is 1. The Morgan fingerprint density at radius 1 is 1.83 bits per heavy atom. The predicted molar refractivity (Wildman–Crippen MR) is 45.5 cm³/mol. The Morgan fingerprint density at radius 3 is 3.00 bits per heavy atom. The number of carbonyl (C=O) groups is 1. The molecule has 0 amide bonds. The fourth-order valence-electron chi connectivity index (χ4n) is 1.08. The summed E-state index contributed by atoms with van der Waals surface area (Å²) in [5.74, 6) is 0. The molecule has 1 aliphatic carbocycles. The lowest BCUT2D eigenvalue weighted by Gasteiger charge is -2.17. The van der Waals surface area contributed by atoms with Gasteiger partial charge in [0.2, 0.25) is 0 Å². The first kappa shape index (κ1) is 8.56. The maximum atomic E-state index is 10.7. The van der Waals surface area contributed by atoms with Crippen molar-refractivity contribution in [1.29, 1.82) is 0 Å². The van der Waals surface area contributed by atoms with E-state index in [0.717, 1.165) is 5.57 Å². The average Bonchev–Trinajstić information content (AvgIpc) is 2.57. The van der Waals surface area contributed by atoms with Gasteiger partial charge in [0.05, 0.1) is 0 Å². The molecular weight excluding hydrogens is 154 g/mol. The highest BCUT2D eigenvalue weighted by Crippen LogP contribution is 2.26. The zero-order valence-corrected chi connectivity index (χ0v) is 6.77. The summed E-state index contributed by atoms with van der Waals surface area (Å²) in [6.45, 7) is 1.61. The second-order valence-corrected chi connectivity index (χ2v) is 2.78. The lowest BCUT2D eigenvalue weighted by molar-refractivity contribution is -0.110. The molecule has 0 aromatic rings. The molecule has 1 rings (SSSR count). The first-order valence-corrected chi connectivity index (χ1v) is 3.62. The minimum absolute atomic E-state index is 0.672. The molecule has 0 heterocycles. The van der Waals surface area contributed by atoms with E-state index in [4.69, 9.17) is 5.53 Å². The molecule has 12 heavy (non-hydrogen) atoms. The van der Waals surface area contributed by atoms with Gasteiger partial charge in [0.15, 0.2) is 0 Å². The van der Waals surface area contributed by atoms with Crippen LogP contribution >= 0.6 is 0 Å². The van der Waals surface area contributed by atoms with Gasteiger partial charge in [0.1, 0.15) is 11.8 Å². The smallest absolute Gasteiger partial charge is 0.135 e. The second kappa shape index (κ2) is 3.24. The van der Waals surface area contributed by atoms with Crippen LogP contribution in [0.15, 0.2) is 28.9 Å². The van der Waals surface area contributed by atoms with Gasteiger partial charge >= 0.3 is 0 Å². The van der Waals surface area contributed by atoms with Crippen molar-refractivity contribution in [1.82, 2.24) is 0 Å². The Morgan fingerprint density at radius 2 is 2.58 bits per heavy atom. The molecule has 0 bridgehead atoms. The SMILES string of the molecule is C[C@@](C=O)(N=[N+]=[N-])C1=CC=CC1. The maximum Gasteiger partial charge on any atom is 0.135 e. The normalized spacial score (nSPS) is 19.2. The number of nitrogens with zero attached hydrogens (tertiary/aromatic N) is 3. The Bertz CT molecular complexity index is 299. The number of aldehydes is 1. The van der Waals surface area contributed by atoms with Crippen LogP contribution in [0.4, 0.5) is 0 Å². The summed E-state index contributed by atoms with van der Waals surface area (Å²) in [5, 5.41) is 3.46. The van der Waals surface area contributed by atoms with Gasteiger partial charge in [-0.15, -0.1) is 0 Å². The highest BCUT2D eigenvalue weighted by molar-refractivity contribution is 5.71. The van der Waals surface area contributed by atoms with Crippen LogP contribution in [0.3, 0.4) is 0 Å². The van der Waals surface area contributed by atoms with Crippen LogP contribution in [-0.4, -0.2) is 11.8 Å². The summed E-state index contributed by atoms with van der Waals surface area (Å²) in [7, 11) is 0. The minimum atomic E-state index is -1.00. The van der Waals surface area contributed by atoms with Crippen molar-refractivity contribution in [3.05, 3.63) is 34.2 Å². The van der Waals surface area contributed by atoms with Crippen molar-refractivity contribution in [2.24, 2.45) is 5.11 Å². The molecule has 0 fully saturated rings. The van der Waals surface area contributed by atoms with Gasteiger partial charge in [0.25, 0.3) is 0 Å². The van der Waals surface area contributed by atoms with E-state index in [0.29, 0.717) is 12.7 Å². The van der Waals surface area contributed by atoms with Crippen molar-refractivity contribution in [2.45, 2.75) is 18.9 Å². The molecule has 0 aromatic carbocycles. The fourth-order valence-corrected chi connectivity index (χ4v) is 1.08. The van der Waals surface area contributed by atoms with E-state index in [1.54, 1.807) is 6.92 Å². The van der Waals surface area contributed by atoms with Crippen molar-refractivity contribution < 1.29 is 4.79 Å². The molecule has 0 saturated heterocycles.